The van der Waals surface area contributed by atoms with Crippen LogP contribution in [0.1, 0.15) is 35.2 Å². The zero-order valence-corrected chi connectivity index (χ0v) is 15.3. The third-order valence-corrected chi connectivity index (χ3v) is 5.22. The molecule has 0 saturated carbocycles. The van der Waals surface area contributed by atoms with Gasteiger partial charge < -0.3 is 4.90 Å². The van der Waals surface area contributed by atoms with Crippen molar-refractivity contribution in [3.05, 3.63) is 53.5 Å². The van der Waals surface area contributed by atoms with Gasteiger partial charge in [0.1, 0.15) is 11.3 Å². The van der Waals surface area contributed by atoms with Gasteiger partial charge in [-0.2, -0.15) is 0 Å². The van der Waals surface area contributed by atoms with E-state index in [1.54, 1.807) is 36.1 Å². The van der Waals surface area contributed by atoms with Crippen LogP contribution in [0.15, 0.2) is 36.5 Å². The summed E-state index contributed by atoms with van der Waals surface area (Å²) in [6.07, 6.45) is 5.47. The number of rotatable bonds is 4. The van der Waals surface area contributed by atoms with Crippen LogP contribution in [0.2, 0.25) is 0 Å². The van der Waals surface area contributed by atoms with E-state index in [-0.39, 0.29) is 11.7 Å². The molecular weight excluding hydrogens is 345 g/mol. The van der Waals surface area contributed by atoms with Crippen LogP contribution in [0.3, 0.4) is 0 Å². The summed E-state index contributed by atoms with van der Waals surface area (Å²) >= 11 is 0. The van der Waals surface area contributed by atoms with Crippen molar-refractivity contribution in [3.63, 3.8) is 0 Å². The van der Waals surface area contributed by atoms with Crippen LogP contribution in [0, 0.1) is 11.7 Å². The van der Waals surface area contributed by atoms with Crippen LogP contribution in [0.5, 0.6) is 0 Å². The van der Waals surface area contributed by atoms with Crippen LogP contribution in [-0.2, 0) is 13.5 Å². The van der Waals surface area contributed by atoms with E-state index in [2.05, 4.69) is 15.3 Å². The van der Waals surface area contributed by atoms with Crippen LogP contribution in [0.4, 0.5) is 4.39 Å². The third-order valence-electron chi connectivity index (χ3n) is 5.22. The first-order valence-electron chi connectivity index (χ1n) is 9.29. The molecule has 3 aromatic rings. The van der Waals surface area contributed by atoms with Crippen molar-refractivity contribution in [1.29, 1.82) is 0 Å². The molecule has 0 N–H and O–H groups in total. The Kier molecular flexibility index (Phi) is 4.83. The Bertz CT molecular complexity index is 970. The topological polar surface area (TPSA) is 63.9 Å². The average Bonchev–Trinajstić information content (AvgIpc) is 3.06. The first-order chi connectivity index (χ1) is 13.1. The number of aryl methyl sites for hydroxylation is 2. The van der Waals surface area contributed by atoms with Crippen molar-refractivity contribution >= 4 is 17.1 Å². The van der Waals surface area contributed by atoms with Crippen molar-refractivity contribution in [2.24, 2.45) is 13.0 Å². The first kappa shape index (κ1) is 17.6. The molecule has 27 heavy (non-hydrogen) atoms. The number of hydrogen-bond acceptors (Lipinski definition) is 4. The minimum atomic E-state index is -0.195. The van der Waals surface area contributed by atoms with Crippen LogP contribution >= 0.6 is 0 Å². The highest BCUT2D eigenvalue weighted by Gasteiger charge is 2.25. The van der Waals surface area contributed by atoms with Gasteiger partial charge >= 0.3 is 0 Å². The van der Waals surface area contributed by atoms with Gasteiger partial charge in [0.25, 0.3) is 5.91 Å². The number of fused-ring (bicyclic) bond motifs is 1. The Hall–Kier alpha value is -2.83. The molecule has 1 aliphatic rings. The maximum atomic E-state index is 13.3. The molecule has 1 saturated heterocycles. The molecule has 1 amide bonds. The molecule has 1 atom stereocenters. The number of amides is 1. The normalized spacial score (nSPS) is 17.4. The molecule has 0 unspecified atom stereocenters. The molecule has 0 bridgehead atoms. The number of nitrogens with zero attached hydrogens (tertiary/aromatic N) is 5. The van der Waals surface area contributed by atoms with Gasteiger partial charge in [-0.15, -0.1) is 5.10 Å². The SMILES string of the molecule is Cn1nnc2cc(C(=O)N3CCC[C@@H](CCc4cccc(F)c4)C3)cnc21. The Balaban J connectivity index is 1.41. The number of piperidine rings is 1. The number of carbonyl (C=O) groups excluding carboxylic acids is 1. The number of carbonyl (C=O) groups is 1. The highest BCUT2D eigenvalue weighted by molar-refractivity contribution is 5.96. The van der Waals surface area contributed by atoms with Gasteiger partial charge in [0.2, 0.25) is 0 Å². The molecule has 140 valence electrons. The van der Waals surface area contributed by atoms with Crippen molar-refractivity contribution in [2.75, 3.05) is 13.1 Å². The summed E-state index contributed by atoms with van der Waals surface area (Å²) in [6.45, 7) is 1.49. The number of aromatic nitrogens is 4. The van der Waals surface area contributed by atoms with E-state index < -0.39 is 0 Å². The van der Waals surface area contributed by atoms with Crippen LogP contribution in [0.25, 0.3) is 11.2 Å². The fourth-order valence-electron chi connectivity index (χ4n) is 3.77. The molecular formula is C20H22FN5O. The molecule has 7 heteroatoms. The number of benzene rings is 1. The maximum absolute atomic E-state index is 13.3. The van der Waals surface area contributed by atoms with E-state index >= 15 is 0 Å². The van der Waals surface area contributed by atoms with Gasteiger partial charge in [0.15, 0.2) is 5.65 Å². The third kappa shape index (κ3) is 3.82. The van der Waals surface area contributed by atoms with E-state index in [0.717, 1.165) is 44.3 Å². The maximum Gasteiger partial charge on any atom is 0.255 e. The van der Waals surface area contributed by atoms with E-state index in [1.807, 2.05) is 11.0 Å². The van der Waals surface area contributed by atoms with E-state index in [0.29, 0.717) is 22.6 Å². The summed E-state index contributed by atoms with van der Waals surface area (Å²) in [5.74, 6) is 0.226. The Labute approximate surface area is 157 Å². The summed E-state index contributed by atoms with van der Waals surface area (Å²) in [6, 6.07) is 8.52. The minimum Gasteiger partial charge on any atom is -0.338 e. The van der Waals surface area contributed by atoms with Crippen molar-refractivity contribution < 1.29 is 9.18 Å². The second kappa shape index (κ2) is 7.42. The molecule has 4 rings (SSSR count). The second-order valence-corrected chi connectivity index (χ2v) is 7.21. The van der Waals surface area contributed by atoms with Gasteiger partial charge in [-0.05, 0) is 55.4 Å². The standard InChI is InChI=1S/C20H22FN5O/c1-25-19-18(23-24-25)11-16(12-22-19)20(27)26-9-3-5-15(13-26)8-7-14-4-2-6-17(21)10-14/h2,4,6,10-12,15H,3,5,7-9,13H2,1H3/t15-/m0/s1. The summed E-state index contributed by atoms with van der Waals surface area (Å²) in [5, 5.41) is 7.97. The predicted molar refractivity (Wildman–Crippen MR) is 99.7 cm³/mol. The lowest BCUT2D eigenvalue weighted by Crippen LogP contribution is -2.40. The Morgan fingerprint density at radius 2 is 2.22 bits per heavy atom. The van der Waals surface area contributed by atoms with Crippen LogP contribution in [-0.4, -0.2) is 43.9 Å². The molecule has 0 spiro atoms. The molecule has 2 aromatic heterocycles. The number of pyridine rings is 1. The van der Waals surface area contributed by atoms with Gasteiger partial charge in [-0.1, -0.05) is 17.3 Å². The van der Waals surface area contributed by atoms with Gasteiger partial charge in [-0.3, -0.25) is 4.79 Å². The highest BCUT2D eigenvalue weighted by Crippen LogP contribution is 2.23. The zero-order chi connectivity index (χ0) is 18.8. The van der Waals surface area contributed by atoms with Gasteiger partial charge in [-0.25, -0.2) is 14.1 Å². The molecule has 6 nitrogen and oxygen atoms in total. The Morgan fingerprint density at radius 3 is 3.07 bits per heavy atom. The van der Waals surface area contributed by atoms with Crippen molar-refractivity contribution in [2.45, 2.75) is 25.7 Å². The predicted octanol–water partition coefficient (Wildman–Crippen LogP) is 2.99. The van der Waals surface area contributed by atoms with E-state index in [9.17, 15) is 9.18 Å². The minimum absolute atomic E-state index is 0.00879. The quantitative estimate of drug-likeness (QED) is 0.711. The number of hydrogen-bond donors (Lipinski definition) is 0. The lowest BCUT2D eigenvalue weighted by molar-refractivity contribution is 0.0668. The molecule has 1 aliphatic heterocycles. The number of halogens is 1. The molecule has 0 aliphatic carbocycles. The lowest BCUT2D eigenvalue weighted by Gasteiger charge is -2.33. The average molecular weight is 367 g/mol. The second-order valence-electron chi connectivity index (χ2n) is 7.21. The summed E-state index contributed by atoms with van der Waals surface area (Å²) in [7, 11) is 1.78. The fraction of sp³-hybridized carbons (Fsp3) is 0.400. The molecule has 1 fully saturated rings. The highest BCUT2D eigenvalue weighted by atomic mass is 19.1. The fourth-order valence-corrected chi connectivity index (χ4v) is 3.77. The smallest absolute Gasteiger partial charge is 0.255 e. The van der Waals surface area contributed by atoms with Crippen molar-refractivity contribution in [1.82, 2.24) is 24.9 Å². The zero-order valence-electron chi connectivity index (χ0n) is 15.3. The van der Waals surface area contributed by atoms with E-state index in [1.165, 1.54) is 6.07 Å². The summed E-state index contributed by atoms with van der Waals surface area (Å²) in [4.78, 5) is 19.1. The lowest BCUT2D eigenvalue weighted by atomic mass is 9.91. The molecule has 1 aromatic carbocycles. The molecule has 0 radical (unpaired) electrons. The van der Waals surface area contributed by atoms with Gasteiger partial charge in [0, 0.05) is 26.3 Å². The number of likely N-dealkylation sites (tertiary alicyclic amines) is 1. The monoisotopic (exact) mass is 367 g/mol. The largest absolute Gasteiger partial charge is 0.338 e. The first-order valence-corrected chi connectivity index (χ1v) is 9.29. The van der Waals surface area contributed by atoms with Crippen LogP contribution < -0.4 is 0 Å². The Morgan fingerprint density at radius 1 is 1.33 bits per heavy atom. The summed E-state index contributed by atoms with van der Waals surface area (Å²) in [5.41, 5.74) is 2.85. The molecule has 3 heterocycles. The van der Waals surface area contributed by atoms with Gasteiger partial charge in [0.05, 0.1) is 5.56 Å². The van der Waals surface area contributed by atoms with E-state index in [4.69, 9.17) is 0 Å². The summed E-state index contributed by atoms with van der Waals surface area (Å²) < 4.78 is 14.9. The van der Waals surface area contributed by atoms with Crippen molar-refractivity contribution in [3.8, 4) is 0 Å².